The van der Waals surface area contributed by atoms with Crippen molar-refractivity contribution < 1.29 is 20.1 Å². The van der Waals surface area contributed by atoms with Crippen molar-refractivity contribution in [2.45, 2.75) is 37.1 Å². The molecule has 9 heteroatoms. The van der Waals surface area contributed by atoms with Gasteiger partial charge in [0.25, 0.3) is 0 Å². The lowest BCUT2D eigenvalue weighted by Crippen LogP contribution is -2.47. The van der Waals surface area contributed by atoms with Crippen LogP contribution in [0, 0.1) is 12.3 Å². The third kappa shape index (κ3) is 1.93. The predicted octanol–water partition coefficient (Wildman–Crippen LogP) is -1.59. The molecule has 0 bridgehead atoms. The zero-order valence-electron chi connectivity index (χ0n) is 11.7. The van der Waals surface area contributed by atoms with Gasteiger partial charge < -0.3 is 25.8 Å². The van der Waals surface area contributed by atoms with Gasteiger partial charge in [-0.05, 0) is 6.92 Å². The molecule has 1 fully saturated rings. The number of hydrogen-bond donors (Lipinski definition) is 4. The summed E-state index contributed by atoms with van der Waals surface area (Å²) in [6.45, 7) is 1.43. The molecule has 3 rings (SSSR count). The van der Waals surface area contributed by atoms with Crippen LogP contribution in [-0.2, 0) is 4.74 Å². The van der Waals surface area contributed by atoms with Crippen molar-refractivity contribution in [2.75, 3.05) is 5.73 Å². The number of imidazole rings is 1. The van der Waals surface area contributed by atoms with E-state index in [0.717, 1.165) is 0 Å². The second kappa shape index (κ2) is 4.89. The maximum atomic E-state index is 10.6. The molecular formula is C13H15N5O4. The second-order valence-corrected chi connectivity index (χ2v) is 5.20. The minimum atomic E-state index is -2.05. The number of nitrogen functional groups attached to an aromatic ring is 1. The quantitative estimate of drug-likeness (QED) is 0.487. The van der Waals surface area contributed by atoms with Gasteiger partial charge in [0.05, 0.1) is 18.6 Å². The Bertz CT molecular complexity index is 754. The lowest BCUT2D eigenvalue weighted by Gasteiger charge is -2.26. The minimum absolute atomic E-state index is 0.0177. The Morgan fingerprint density at radius 1 is 1.55 bits per heavy atom. The maximum absolute atomic E-state index is 10.6. The fraction of sp³-hybridized carbons (Fsp3) is 0.462. The van der Waals surface area contributed by atoms with E-state index in [-0.39, 0.29) is 5.95 Å². The van der Waals surface area contributed by atoms with Crippen LogP contribution in [0.5, 0.6) is 0 Å². The van der Waals surface area contributed by atoms with E-state index in [1.807, 2.05) is 0 Å². The van der Waals surface area contributed by atoms with E-state index < -0.39 is 30.1 Å². The fourth-order valence-corrected chi connectivity index (χ4v) is 2.55. The zero-order valence-corrected chi connectivity index (χ0v) is 11.7. The summed E-state index contributed by atoms with van der Waals surface area (Å²) in [5, 5.41) is 30.5. The van der Waals surface area contributed by atoms with Crippen LogP contribution < -0.4 is 5.73 Å². The fourth-order valence-electron chi connectivity index (χ4n) is 2.55. The van der Waals surface area contributed by atoms with Crippen LogP contribution in [0.3, 0.4) is 0 Å². The average Bonchev–Trinajstić information content (AvgIpc) is 2.99. The maximum Gasteiger partial charge on any atom is 0.222 e. The van der Waals surface area contributed by atoms with Gasteiger partial charge in [0.1, 0.15) is 17.7 Å². The predicted molar refractivity (Wildman–Crippen MR) is 75.1 cm³/mol. The van der Waals surface area contributed by atoms with Crippen LogP contribution in [0.15, 0.2) is 12.5 Å². The number of ether oxygens (including phenoxy) is 1. The molecule has 1 unspecified atom stereocenters. The molecule has 0 aromatic carbocycles. The molecule has 0 aliphatic carbocycles. The highest BCUT2D eigenvalue weighted by Crippen LogP contribution is 2.40. The second-order valence-electron chi connectivity index (χ2n) is 5.20. The molecule has 9 nitrogen and oxygen atoms in total. The van der Waals surface area contributed by atoms with Crippen LogP contribution >= 0.6 is 0 Å². The average molecular weight is 305 g/mol. The Morgan fingerprint density at radius 3 is 2.91 bits per heavy atom. The molecule has 0 radical (unpaired) electrons. The molecule has 116 valence electrons. The highest BCUT2D eigenvalue weighted by molar-refractivity contribution is 5.70. The van der Waals surface area contributed by atoms with E-state index in [1.54, 1.807) is 0 Å². The number of aliphatic hydroxyl groups is 3. The van der Waals surface area contributed by atoms with E-state index in [4.69, 9.17) is 16.9 Å². The number of aromatic nitrogens is 4. The number of aliphatic hydroxyl groups excluding tert-OH is 2. The van der Waals surface area contributed by atoms with Gasteiger partial charge in [-0.15, -0.1) is 6.42 Å². The molecule has 5 atom stereocenters. The first-order chi connectivity index (χ1) is 10.4. The molecule has 2 aromatic rings. The molecule has 0 amide bonds. The van der Waals surface area contributed by atoms with Gasteiger partial charge in [0, 0.05) is 0 Å². The van der Waals surface area contributed by atoms with Crippen molar-refractivity contribution in [3.8, 4) is 12.3 Å². The summed E-state index contributed by atoms with van der Waals surface area (Å²) >= 11 is 0. The Hall–Kier alpha value is -2.25. The summed E-state index contributed by atoms with van der Waals surface area (Å²) in [7, 11) is 0. The van der Waals surface area contributed by atoms with Gasteiger partial charge in [-0.2, -0.15) is 4.98 Å². The van der Waals surface area contributed by atoms with Crippen molar-refractivity contribution in [3.05, 3.63) is 12.5 Å². The van der Waals surface area contributed by atoms with Crippen LogP contribution in [0.4, 0.5) is 5.95 Å². The van der Waals surface area contributed by atoms with Gasteiger partial charge in [-0.1, -0.05) is 5.92 Å². The lowest BCUT2D eigenvalue weighted by molar-refractivity contribution is -0.0846. The van der Waals surface area contributed by atoms with Crippen molar-refractivity contribution in [3.63, 3.8) is 0 Å². The zero-order chi connectivity index (χ0) is 16.1. The number of anilines is 1. The monoisotopic (exact) mass is 305 g/mol. The van der Waals surface area contributed by atoms with Gasteiger partial charge in [0.2, 0.25) is 5.95 Å². The largest absolute Gasteiger partial charge is 0.391 e. The van der Waals surface area contributed by atoms with E-state index in [9.17, 15) is 15.3 Å². The first kappa shape index (κ1) is 14.7. The number of nitrogens with two attached hydrogens (primary N) is 1. The highest BCUT2D eigenvalue weighted by Gasteiger charge is 2.57. The Morgan fingerprint density at radius 2 is 2.27 bits per heavy atom. The Labute approximate surface area is 125 Å². The third-order valence-corrected chi connectivity index (χ3v) is 3.72. The molecule has 22 heavy (non-hydrogen) atoms. The first-order valence-electron chi connectivity index (χ1n) is 6.55. The number of hydrogen-bond acceptors (Lipinski definition) is 8. The van der Waals surface area contributed by atoms with Crippen molar-refractivity contribution in [2.24, 2.45) is 0 Å². The first-order valence-corrected chi connectivity index (χ1v) is 6.55. The molecule has 2 aromatic heterocycles. The highest BCUT2D eigenvalue weighted by atomic mass is 16.6. The van der Waals surface area contributed by atoms with E-state index in [2.05, 4.69) is 20.9 Å². The van der Waals surface area contributed by atoms with Gasteiger partial charge in [-0.3, -0.25) is 4.57 Å². The summed E-state index contributed by atoms with van der Waals surface area (Å²) in [4.78, 5) is 11.9. The van der Waals surface area contributed by atoms with Crippen LogP contribution in [0.2, 0.25) is 0 Å². The molecule has 3 heterocycles. The summed E-state index contributed by atoms with van der Waals surface area (Å²) in [6, 6.07) is 0. The molecule has 1 aliphatic heterocycles. The molecule has 1 aliphatic rings. The van der Waals surface area contributed by atoms with Crippen LogP contribution in [-0.4, -0.2) is 58.8 Å². The number of fused-ring (bicyclic) bond motifs is 1. The van der Waals surface area contributed by atoms with Crippen molar-refractivity contribution in [1.82, 2.24) is 19.5 Å². The standard InChI is InChI=1S/C13H15N5O4/c1-3-13(21)9(20)8(6(2)19)22-11(13)18-5-16-7-4-15-12(14)17-10(7)18/h1,4-6,8-9,11,19-21H,2H3,(H2,14,15,17)/t6-,8+,9-,11+,13?/m0/s1. The molecule has 5 N–H and O–H groups in total. The topological polar surface area (TPSA) is 140 Å². The molecule has 0 spiro atoms. The Balaban J connectivity index is 2.13. The van der Waals surface area contributed by atoms with Crippen molar-refractivity contribution in [1.29, 1.82) is 0 Å². The molecule has 0 saturated carbocycles. The lowest BCUT2D eigenvalue weighted by atomic mass is 9.93. The minimum Gasteiger partial charge on any atom is -0.391 e. The normalized spacial score (nSPS) is 33.0. The Kier molecular flexibility index (Phi) is 3.26. The van der Waals surface area contributed by atoms with E-state index >= 15 is 0 Å². The number of nitrogens with zero attached hydrogens (tertiary/aromatic N) is 4. The summed E-state index contributed by atoms with van der Waals surface area (Å²) < 4.78 is 6.92. The SMILES string of the molecule is C#CC1(O)[C@@H](O)[C@@H]([C@H](C)O)O[C@H]1n1cnc2cnc(N)nc21. The van der Waals surface area contributed by atoms with Crippen molar-refractivity contribution >= 4 is 17.1 Å². The van der Waals surface area contributed by atoms with E-state index in [1.165, 1.54) is 24.0 Å². The smallest absolute Gasteiger partial charge is 0.222 e. The van der Waals surface area contributed by atoms with Gasteiger partial charge >= 0.3 is 0 Å². The number of terminal acetylenes is 1. The van der Waals surface area contributed by atoms with Gasteiger partial charge in [0.15, 0.2) is 17.5 Å². The summed E-state index contributed by atoms with van der Waals surface area (Å²) in [5.41, 5.74) is 4.23. The summed E-state index contributed by atoms with van der Waals surface area (Å²) in [6.07, 6.45) is 3.41. The molecular weight excluding hydrogens is 290 g/mol. The summed E-state index contributed by atoms with van der Waals surface area (Å²) in [5.74, 6) is 2.16. The van der Waals surface area contributed by atoms with Crippen LogP contribution in [0.1, 0.15) is 13.2 Å². The van der Waals surface area contributed by atoms with Crippen LogP contribution in [0.25, 0.3) is 11.2 Å². The number of rotatable bonds is 2. The van der Waals surface area contributed by atoms with Gasteiger partial charge in [-0.25, -0.2) is 9.97 Å². The third-order valence-electron chi connectivity index (χ3n) is 3.72. The van der Waals surface area contributed by atoms with E-state index in [0.29, 0.717) is 11.2 Å². The molecule has 1 saturated heterocycles.